The molecule has 2 aliphatic rings. The van der Waals surface area contributed by atoms with Gasteiger partial charge in [0, 0.05) is 25.7 Å². The highest BCUT2D eigenvalue weighted by Gasteiger charge is 2.32. The van der Waals surface area contributed by atoms with Crippen LogP contribution in [0, 0.1) is 5.92 Å². The van der Waals surface area contributed by atoms with E-state index in [1.54, 1.807) is 6.07 Å². The van der Waals surface area contributed by atoms with E-state index in [1.165, 1.54) is 6.42 Å². The van der Waals surface area contributed by atoms with Crippen molar-refractivity contribution >= 4 is 17.4 Å². The molecule has 2 aliphatic heterocycles. The Kier molecular flexibility index (Phi) is 2.25. The Morgan fingerprint density at radius 3 is 3.00 bits per heavy atom. The van der Waals surface area contributed by atoms with Gasteiger partial charge in [-0.05, 0) is 24.5 Å². The smallest absolute Gasteiger partial charge is 0.151 e. The quantitative estimate of drug-likeness (QED) is 0.771. The molecule has 2 bridgehead atoms. The summed E-state index contributed by atoms with van der Waals surface area (Å²) >= 11 is 5.72. The highest BCUT2D eigenvalue weighted by Crippen LogP contribution is 2.25. The minimum Gasteiger partial charge on any atom is -0.353 e. The predicted octanol–water partition coefficient (Wildman–Crippen LogP) is 0.928. The molecule has 0 aromatic carbocycles. The molecule has 80 valence electrons. The molecule has 1 N–H and O–H groups in total. The number of piperidine rings is 1. The van der Waals surface area contributed by atoms with Gasteiger partial charge in [0.2, 0.25) is 0 Å². The van der Waals surface area contributed by atoms with Crippen LogP contribution in [-0.2, 0) is 0 Å². The third kappa shape index (κ3) is 1.79. The summed E-state index contributed by atoms with van der Waals surface area (Å²) in [6, 6.07) is 4.37. The highest BCUT2D eigenvalue weighted by atomic mass is 35.5. The van der Waals surface area contributed by atoms with Crippen molar-refractivity contribution in [3.63, 3.8) is 0 Å². The maximum atomic E-state index is 5.72. The van der Waals surface area contributed by atoms with Gasteiger partial charge < -0.3 is 10.2 Å². The summed E-state index contributed by atoms with van der Waals surface area (Å²) in [4.78, 5) is 2.29. The first kappa shape index (κ1) is 9.36. The number of nitrogens with zero attached hydrogens (tertiary/aromatic N) is 3. The Morgan fingerprint density at radius 2 is 2.27 bits per heavy atom. The number of hydrogen-bond donors (Lipinski definition) is 1. The molecule has 0 amide bonds. The maximum Gasteiger partial charge on any atom is 0.151 e. The molecule has 1 aromatic heterocycles. The minimum absolute atomic E-state index is 0.455. The number of aromatic nitrogens is 2. The molecule has 0 spiro atoms. The molecule has 5 heteroatoms. The lowest BCUT2D eigenvalue weighted by molar-refractivity contribution is 0.471. The highest BCUT2D eigenvalue weighted by molar-refractivity contribution is 6.29. The predicted molar refractivity (Wildman–Crippen MR) is 59.2 cm³/mol. The van der Waals surface area contributed by atoms with E-state index in [1.807, 2.05) is 6.07 Å². The summed E-state index contributed by atoms with van der Waals surface area (Å²) in [5, 5.41) is 12.0. The van der Waals surface area contributed by atoms with Crippen LogP contribution in [0.5, 0.6) is 0 Å². The van der Waals surface area contributed by atoms with Crippen molar-refractivity contribution in [2.75, 3.05) is 24.5 Å². The first-order valence-electron chi connectivity index (χ1n) is 5.29. The Hall–Kier alpha value is -0.870. The Morgan fingerprint density at radius 1 is 1.33 bits per heavy atom. The number of halogens is 1. The molecule has 15 heavy (non-hydrogen) atoms. The molecule has 2 atom stereocenters. The van der Waals surface area contributed by atoms with E-state index in [0.29, 0.717) is 11.2 Å². The Balaban J connectivity index is 1.80. The summed E-state index contributed by atoms with van der Waals surface area (Å²) < 4.78 is 0. The molecule has 0 radical (unpaired) electrons. The number of nitrogens with one attached hydrogen (secondary N) is 1. The molecule has 3 rings (SSSR count). The summed E-state index contributed by atoms with van der Waals surface area (Å²) in [5.74, 6) is 1.71. The lowest BCUT2D eigenvalue weighted by Crippen LogP contribution is -2.41. The van der Waals surface area contributed by atoms with Crippen molar-refractivity contribution in [2.45, 2.75) is 12.5 Å². The average Bonchev–Trinajstić information content (AvgIpc) is 2.59. The van der Waals surface area contributed by atoms with Gasteiger partial charge in [0.05, 0.1) is 0 Å². The Labute approximate surface area is 93.6 Å². The molecular formula is C10H13ClN4. The van der Waals surface area contributed by atoms with E-state index in [9.17, 15) is 0 Å². The van der Waals surface area contributed by atoms with Gasteiger partial charge in [-0.3, -0.25) is 0 Å². The molecule has 0 aliphatic carbocycles. The van der Waals surface area contributed by atoms with E-state index < -0.39 is 0 Å². The van der Waals surface area contributed by atoms with Gasteiger partial charge in [-0.1, -0.05) is 11.6 Å². The van der Waals surface area contributed by atoms with E-state index in [-0.39, 0.29) is 0 Å². The second-order valence-corrected chi connectivity index (χ2v) is 4.71. The summed E-state index contributed by atoms with van der Waals surface area (Å²) in [7, 11) is 0. The van der Waals surface area contributed by atoms with Crippen LogP contribution in [0.1, 0.15) is 6.42 Å². The van der Waals surface area contributed by atoms with Crippen molar-refractivity contribution < 1.29 is 0 Å². The second kappa shape index (κ2) is 3.61. The second-order valence-electron chi connectivity index (χ2n) is 4.33. The number of rotatable bonds is 1. The first-order valence-corrected chi connectivity index (χ1v) is 5.66. The van der Waals surface area contributed by atoms with Crippen molar-refractivity contribution in [1.29, 1.82) is 0 Å². The molecule has 2 saturated heterocycles. The van der Waals surface area contributed by atoms with Crippen LogP contribution in [0.15, 0.2) is 12.1 Å². The average molecular weight is 225 g/mol. The fraction of sp³-hybridized carbons (Fsp3) is 0.600. The van der Waals surface area contributed by atoms with Crippen LogP contribution in [0.25, 0.3) is 0 Å². The lowest BCUT2D eigenvalue weighted by atomic mass is 10.0. The van der Waals surface area contributed by atoms with Crippen molar-refractivity contribution in [2.24, 2.45) is 5.92 Å². The fourth-order valence-electron chi connectivity index (χ4n) is 2.50. The SMILES string of the molecule is Clc1ccc(N2CC3CNC(C3)C2)nn1. The largest absolute Gasteiger partial charge is 0.353 e. The molecular weight excluding hydrogens is 212 g/mol. The number of fused-ring (bicyclic) bond motifs is 2. The normalized spacial score (nSPS) is 29.5. The van der Waals surface area contributed by atoms with E-state index in [0.717, 1.165) is 31.4 Å². The van der Waals surface area contributed by atoms with Crippen LogP contribution in [-0.4, -0.2) is 35.9 Å². The van der Waals surface area contributed by atoms with Crippen LogP contribution < -0.4 is 10.2 Å². The van der Waals surface area contributed by atoms with Crippen LogP contribution in [0.2, 0.25) is 5.15 Å². The van der Waals surface area contributed by atoms with Crippen LogP contribution >= 0.6 is 11.6 Å². The number of hydrogen-bond acceptors (Lipinski definition) is 4. The standard InChI is InChI=1S/C10H13ClN4/c11-9-1-2-10(14-13-9)15-5-7-3-8(6-15)12-4-7/h1-2,7-8,12H,3-6H2. The van der Waals surface area contributed by atoms with Gasteiger partial charge in [-0.25, -0.2) is 0 Å². The fourth-order valence-corrected chi connectivity index (χ4v) is 2.60. The zero-order valence-corrected chi connectivity index (χ0v) is 9.11. The summed E-state index contributed by atoms with van der Waals surface area (Å²) in [5.41, 5.74) is 0. The minimum atomic E-state index is 0.455. The first-order chi connectivity index (χ1) is 7.31. The third-order valence-electron chi connectivity index (χ3n) is 3.17. The van der Waals surface area contributed by atoms with E-state index in [4.69, 9.17) is 11.6 Å². The van der Waals surface area contributed by atoms with E-state index in [2.05, 4.69) is 20.4 Å². The Bertz CT molecular complexity index is 341. The van der Waals surface area contributed by atoms with Crippen LogP contribution in [0.4, 0.5) is 5.82 Å². The van der Waals surface area contributed by atoms with Gasteiger partial charge in [-0.15, -0.1) is 10.2 Å². The topological polar surface area (TPSA) is 41.0 Å². The van der Waals surface area contributed by atoms with Crippen molar-refractivity contribution in [1.82, 2.24) is 15.5 Å². The maximum absolute atomic E-state index is 5.72. The summed E-state index contributed by atoms with van der Waals surface area (Å²) in [6.45, 7) is 3.26. The zero-order valence-electron chi connectivity index (χ0n) is 8.36. The molecule has 3 heterocycles. The third-order valence-corrected chi connectivity index (χ3v) is 3.38. The molecule has 2 fully saturated rings. The van der Waals surface area contributed by atoms with Crippen molar-refractivity contribution in [3.8, 4) is 0 Å². The van der Waals surface area contributed by atoms with Gasteiger partial charge in [0.1, 0.15) is 0 Å². The molecule has 0 saturated carbocycles. The van der Waals surface area contributed by atoms with Crippen LogP contribution in [0.3, 0.4) is 0 Å². The lowest BCUT2D eigenvalue weighted by Gasteiger charge is -2.31. The zero-order chi connectivity index (χ0) is 10.3. The van der Waals surface area contributed by atoms with Gasteiger partial charge in [0.25, 0.3) is 0 Å². The van der Waals surface area contributed by atoms with Gasteiger partial charge in [0.15, 0.2) is 11.0 Å². The monoisotopic (exact) mass is 224 g/mol. The molecule has 2 unspecified atom stereocenters. The van der Waals surface area contributed by atoms with Gasteiger partial charge >= 0.3 is 0 Å². The van der Waals surface area contributed by atoms with Gasteiger partial charge in [-0.2, -0.15) is 0 Å². The summed E-state index contributed by atoms with van der Waals surface area (Å²) in [6.07, 6.45) is 1.30. The van der Waals surface area contributed by atoms with E-state index >= 15 is 0 Å². The number of anilines is 1. The molecule has 1 aromatic rings. The molecule has 4 nitrogen and oxygen atoms in total. The van der Waals surface area contributed by atoms with Crippen molar-refractivity contribution in [3.05, 3.63) is 17.3 Å².